The van der Waals surface area contributed by atoms with Crippen LogP contribution in [0.25, 0.3) is 5.20 Å². The zero-order chi connectivity index (χ0) is 29.6. The normalized spacial score (nSPS) is 18.8. The summed E-state index contributed by atoms with van der Waals surface area (Å²) in [6.07, 6.45) is 0. The Morgan fingerprint density at radius 2 is 0.816 bits per heavy atom. The Labute approximate surface area is 247 Å². The quantitative estimate of drug-likeness (QED) is 0.222. The van der Waals surface area contributed by atoms with Crippen molar-refractivity contribution in [3.63, 3.8) is 0 Å². The zero-order valence-corrected chi connectivity index (χ0v) is 37.2. The van der Waals surface area contributed by atoms with Gasteiger partial charge in [-0.15, -0.1) is 0 Å². The highest BCUT2D eigenvalue weighted by Crippen LogP contribution is 2.43. The van der Waals surface area contributed by atoms with Gasteiger partial charge < -0.3 is 24.7 Å². The van der Waals surface area contributed by atoms with Gasteiger partial charge in [0.05, 0.1) is 0 Å². The lowest BCUT2D eigenvalue weighted by molar-refractivity contribution is 0.390. The van der Waals surface area contributed by atoms with E-state index in [1.807, 2.05) is 0 Å². The molecule has 0 spiro atoms. The first-order chi connectivity index (χ1) is 17.2. The lowest BCUT2D eigenvalue weighted by Crippen LogP contribution is -2.63. The zero-order valence-electron chi connectivity index (χ0n) is 27.0. The summed E-state index contributed by atoms with van der Waals surface area (Å²) in [4.78, 5) is 1.18. The summed E-state index contributed by atoms with van der Waals surface area (Å²) in [6.45, 7) is 33.7. The van der Waals surface area contributed by atoms with Gasteiger partial charge in [0.25, 0.3) is 0 Å². The van der Waals surface area contributed by atoms with Crippen molar-refractivity contribution in [2.75, 3.05) is 0 Å². The Balaban J connectivity index is 4.51. The largest absolute Gasteiger partial charge is 0.439 e. The molecule has 0 aromatic heterocycles. The van der Waals surface area contributed by atoms with Gasteiger partial charge in [-0.05, 0) is 84.1 Å². The third-order valence-corrected chi connectivity index (χ3v) is 34.5. The molecule has 0 N–H and O–H groups in total. The molecule has 0 aliphatic heterocycles. The molecule has 0 bridgehead atoms. The maximum absolute atomic E-state index is 7.21. The van der Waals surface area contributed by atoms with E-state index in [0.29, 0.717) is 0 Å². The molecule has 0 aliphatic carbocycles. The van der Waals surface area contributed by atoms with Gasteiger partial charge in [-0.25, -0.2) is 0 Å². The third-order valence-electron chi connectivity index (χ3n) is 5.44. The fourth-order valence-corrected chi connectivity index (χ4v) is 41.6. The first-order valence-corrected chi connectivity index (χ1v) is 37.1. The minimum Gasteiger partial charge on any atom is -0.439 e. The minimum atomic E-state index is -2.98. The van der Waals surface area contributed by atoms with Crippen molar-refractivity contribution in [1.82, 2.24) is 0 Å². The highest BCUT2D eigenvalue weighted by Gasteiger charge is 2.58. The molecule has 6 nitrogen and oxygen atoms in total. The summed E-state index contributed by atoms with van der Waals surface area (Å²) in [5.41, 5.74) is 1.14. The monoisotopic (exact) mass is 680 g/mol. The predicted octanol–water partition coefficient (Wildman–Crippen LogP) is 5.27. The van der Waals surface area contributed by atoms with Crippen molar-refractivity contribution < 1.29 is 24.7 Å². The molecule has 3 unspecified atom stereocenters. The van der Waals surface area contributed by atoms with Gasteiger partial charge >= 0.3 is 25.7 Å². The van der Waals surface area contributed by atoms with E-state index in [0.717, 1.165) is 5.56 Å². The van der Waals surface area contributed by atoms with Crippen LogP contribution < -0.4 is 0 Å². The molecule has 1 aromatic rings. The third kappa shape index (κ3) is 11.2. The molecule has 38 heavy (non-hydrogen) atoms. The highest BCUT2D eigenvalue weighted by atomic mass is 28.5. The van der Waals surface area contributed by atoms with Crippen LogP contribution in [-0.4, -0.2) is 79.9 Å². The molecule has 220 valence electrons. The Morgan fingerprint density at radius 3 is 1.13 bits per heavy atom. The lowest BCUT2D eigenvalue weighted by Gasteiger charge is -2.47. The Kier molecular flexibility index (Phi) is 13.7. The molecule has 0 heterocycles. The standard InChI is InChI=1S/C23H56O6Si9/c1-30-24-36(13,27-33(4,5)6)22(21-19-17-16-18-20-21)23(37(14,25-31-2)28-34(7,8)9)38(15,26-32-3)29-35(10,11)12/h16-20H,30-32H2,1-15H3. The van der Waals surface area contributed by atoms with Crippen LogP contribution in [0.15, 0.2) is 35.2 Å². The van der Waals surface area contributed by atoms with Gasteiger partial charge in [-0.3, -0.25) is 0 Å². The summed E-state index contributed by atoms with van der Waals surface area (Å²) in [7, 11) is -17.3. The molecule has 0 radical (unpaired) electrons. The summed E-state index contributed by atoms with van der Waals surface area (Å²) in [5, 5.41) is 1.17. The highest BCUT2D eigenvalue weighted by molar-refractivity contribution is 7.08. The van der Waals surface area contributed by atoms with Crippen LogP contribution in [0.3, 0.4) is 0 Å². The summed E-state index contributed by atoms with van der Waals surface area (Å²) in [6, 6.07) is 10.7. The molecule has 1 rings (SSSR count). The number of hydrogen-bond donors (Lipinski definition) is 0. The van der Waals surface area contributed by atoms with Crippen molar-refractivity contribution in [1.29, 1.82) is 0 Å². The van der Waals surface area contributed by atoms with Crippen LogP contribution >= 0.6 is 0 Å². The summed E-state index contributed by atoms with van der Waals surface area (Å²) < 4.78 is 42.4. The molecule has 0 aliphatic rings. The van der Waals surface area contributed by atoms with E-state index in [4.69, 9.17) is 24.7 Å². The Hall–Kier alpha value is 0.672. The van der Waals surface area contributed by atoms with Crippen molar-refractivity contribution >= 4 is 85.1 Å². The van der Waals surface area contributed by atoms with Gasteiger partial charge in [0.1, 0.15) is 29.3 Å². The molecule has 15 heteroatoms. The molecule has 0 amide bonds. The smallest absolute Gasteiger partial charge is 0.348 e. The second-order valence-corrected chi connectivity index (χ2v) is 40.9. The van der Waals surface area contributed by atoms with Crippen molar-refractivity contribution in [3.05, 3.63) is 40.7 Å². The second kappa shape index (κ2) is 14.2. The summed E-state index contributed by atoms with van der Waals surface area (Å²) in [5.74, 6) is 0. The van der Waals surface area contributed by atoms with Crippen LogP contribution in [0, 0.1) is 0 Å². The maximum Gasteiger partial charge on any atom is 0.348 e. The summed E-state index contributed by atoms with van der Waals surface area (Å²) >= 11 is 0. The van der Waals surface area contributed by atoms with E-state index < -0.39 is 79.9 Å². The van der Waals surface area contributed by atoms with E-state index in [-0.39, 0.29) is 0 Å². The van der Waals surface area contributed by atoms with Crippen molar-refractivity contribution in [2.45, 2.75) is 98.2 Å². The van der Waals surface area contributed by atoms with Gasteiger partial charge in [-0.2, -0.15) is 0 Å². The first-order valence-electron chi connectivity index (χ1n) is 14.0. The lowest BCUT2D eigenvalue weighted by atomic mass is 10.2. The molecule has 1 aromatic carbocycles. The predicted molar refractivity (Wildman–Crippen MR) is 188 cm³/mol. The first kappa shape index (κ1) is 36.7. The SMILES string of the molecule is C[SiH2]O[Si](C)(O[Si](C)(C)C)C(=C([Si](C)(O[SiH2]C)O[Si](C)(C)C)[Si](C)(O[SiH2]C)O[Si](C)(C)C)c1ccccc1. The van der Waals surface area contributed by atoms with E-state index in [1.165, 1.54) is 10.0 Å². The van der Waals surface area contributed by atoms with Crippen LogP contribution in [-0.2, 0) is 24.7 Å². The van der Waals surface area contributed by atoms with Gasteiger partial charge in [0.15, 0.2) is 25.0 Å². The molecule has 0 saturated carbocycles. The minimum absolute atomic E-state index is 0.790. The molecule has 0 fully saturated rings. The van der Waals surface area contributed by atoms with Crippen LogP contribution in [0.2, 0.25) is 98.2 Å². The van der Waals surface area contributed by atoms with E-state index in [2.05, 4.69) is 129 Å². The average Bonchev–Trinajstić information content (AvgIpc) is 2.68. The van der Waals surface area contributed by atoms with Crippen molar-refractivity contribution in [2.24, 2.45) is 0 Å². The van der Waals surface area contributed by atoms with E-state index in [9.17, 15) is 0 Å². The number of rotatable bonds is 16. The number of benzene rings is 1. The fourth-order valence-electron chi connectivity index (χ4n) is 5.14. The van der Waals surface area contributed by atoms with Crippen LogP contribution in [0.5, 0.6) is 0 Å². The topological polar surface area (TPSA) is 55.4 Å². The van der Waals surface area contributed by atoms with Gasteiger partial charge in [-0.1, -0.05) is 50.0 Å². The number of hydrogen-bond acceptors (Lipinski definition) is 6. The second-order valence-electron chi connectivity index (χ2n) is 12.9. The fraction of sp³-hybridized carbons (Fsp3) is 0.652. The Morgan fingerprint density at radius 1 is 0.500 bits per heavy atom. The average molecular weight is 681 g/mol. The van der Waals surface area contributed by atoms with Gasteiger partial charge in [0.2, 0.25) is 0 Å². The van der Waals surface area contributed by atoms with Gasteiger partial charge in [0, 0.05) is 10.0 Å². The molecular formula is C23H56O6Si9. The van der Waals surface area contributed by atoms with E-state index in [1.54, 1.807) is 0 Å². The molecular weight excluding hydrogens is 625 g/mol. The maximum atomic E-state index is 7.21. The molecule has 3 atom stereocenters. The van der Waals surface area contributed by atoms with Crippen LogP contribution in [0.1, 0.15) is 5.56 Å². The Bertz CT molecular complexity index is 883. The van der Waals surface area contributed by atoms with E-state index >= 15 is 0 Å². The van der Waals surface area contributed by atoms with Crippen molar-refractivity contribution in [3.8, 4) is 0 Å². The molecule has 0 saturated heterocycles. The van der Waals surface area contributed by atoms with Crippen LogP contribution in [0.4, 0.5) is 0 Å².